The summed E-state index contributed by atoms with van der Waals surface area (Å²) < 4.78 is 6.58. The molecule has 0 bridgehead atoms. The van der Waals surface area contributed by atoms with Crippen LogP contribution in [-0.4, -0.2) is 41.7 Å². The number of hydrogen-bond acceptors (Lipinski definition) is 3. The lowest BCUT2D eigenvalue weighted by atomic mass is 10.1. The molecule has 2 rings (SSSR count). The minimum Gasteiger partial charge on any atom is -0.481 e. The van der Waals surface area contributed by atoms with Crippen molar-refractivity contribution in [2.75, 3.05) is 19.7 Å². The number of benzene rings is 1. The maximum atomic E-state index is 12.2. The number of amides is 1. The smallest absolute Gasteiger partial charge is 0.263 e. The second-order valence-electron chi connectivity index (χ2n) is 4.84. The third-order valence-electron chi connectivity index (χ3n) is 3.31. The molecule has 1 N–H and O–H groups in total. The van der Waals surface area contributed by atoms with E-state index in [1.807, 2.05) is 24.3 Å². The van der Waals surface area contributed by atoms with Crippen LogP contribution in [0, 0.1) is 5.92 Å². The lowest BCUT2D eigenvalue weighted by Gasteiger charge is -2.21. The van der Waals surface area contributed by atoms with Gasteiger partial charge in [-0.1, -0.05) is 22.0 Å². The summed E-state index contributed by atoms with van der Waals surface area (Å²) in [7, 11) is 0. The van der Waals surface area contributed by atoms with Crippen LogP contribution >= 0.6 is 15.9 Å². The highest BCUT2D eigenvalue weighted by molar-refractivity contribution is 9.10. The first-order chi connectivity index (χ1) is 9.10. The van der Waals surface area contributed by atoms with E-state index in [2.05, 4.69) is 15.9 Å². The largest absolute Gasteiger partial charge is 0.481 e. The van der Waals surface area contributed by atoms with E-state index in [-0.39, 0.29) is 18.4 Å². The minimum absolute atomic E-state index is 0.0177. The van der Waals surface area contributed by atoms with Crippen LogP contribution in [0.5, 0.6) is 5.75 Å². The van der Waals surface area contributed by atoms with Crippen LogP contribution in [0.1, 0.15) is 13.3 Å². The first kappa shape index (κ1) is 14.3. The molecule has 104 valence electrons. The van der Waals surface area contributed by atoms with Gasteiger partial charge in [0, 0.05) is 30.1 Å². The Bertz CT molecular complexity index is 452. The van der Waals surface area contributed by atoms with Gasteiger partial charge >= 0.3 is 0 Å². The lowest BCUT2D eigenvalue weighted by molar-refractivity contribution is -0.137. The number of aliphatic hydroxyl groups is 1. The fourth-order valence-corrected chi connectivity index (χ4v) is 2.61. The van der Waals surface area contributed by atoms with Crippen LogP contribution in [0.25, 0.3) is 0 Å². The second kappa shape index (κ2) is 6.39. The quantitative estimate of drug-likeness (QED) is 0.920. The Balaban J connectivity index is 1.93. The third-order valence-corrected chi connectivity index (χ3v) is 3.81. The molecule has 5 heteroatoms. The average Bonchev–Trinajstić information content (AvgIpc) is 2.86. The molecule has 1 saturated heterocycles. The highest BCUT2D eigenvalue weighted by atomic mass is 79.9. The summed E-state index contributed by atoms with van der Waals surface area (Å²) in [4.78, 5) is 14.0. The second-order valence-corrected chi connectivity index (χ2v) is 5.75. The molecule has 0 saturated carbocycles. The molecule has 0 aliphatic carbocycles. The Labute approximate surface area is 121 Å². The van der Waals surface area contributed by atoms with E-state index in [0.29, 0.717) is 18.8 Å². The summed E-state index contributed by atoms with van der Waals surface area (Å²) in [5, 5.41) is 9.10. The van der Waals surface area contributed by atoms with Gasteiger partial charge in [-0.15, -0.1) is 0 Å². The molecule has 1 fully saturated rings. The predicted molar refractivity (Wildman–Crippen MR) is 76.0 cm³/mol. The third kappa shape index (κ3) is 3.70. The summed E-state index contributed by atoms with van der Waals surface area (Å²) in [6.45, 7) is 3.23. The van der Waals surface area contributed by atoms with Crippen LogP contribution < -0.4 is 4.74 Å². The van der Waals surface area contributed by atoms with E-state index < -0.39 is 6.10 Å². The van der Waals surface area contributed by atoms with Crippen LogP contribution in [0.3, 0.4) is 0 Å². The Kier molecular flexibility index (Phi) is 4.82. The first-order valence-corrected chi connectivity index (χ1v) is 7.21. The van der Waals surface area contributed by atoms with Gasteiger partial charge in [0.25, 0.3) is 5.91 Å². The maximum Gasteiger partial charge on any atom is 0.263 e. The van der Waals surface area contributed by atoms with Crippen molar-refractivity contribution in [3.63, 3.8) is 0 Å². The predicted octanol–water partition coefficient (Wildman–Crippen LogP) is 2.06. The Morgan fingerprint density at radius 3 is 3.05 bits per heavy atom. The van der Waals surface area contributed by atoms with E-state index in [9.17, 15) is 4.79 Å². The van der Waals surface area contributed by atoms with Gasteiger partial charge in [0.1, 0.15) is 5.75 Å². The minimum atomic E-state index is -0.508. The van der Waals surface area contributed by atoms with Gasteiger partial charge in [-0.2, -0.15) is 0 Å². The molecule has 1 aliphatic heterocycles. The molecule has 2 unspecified atom stereocenters. The number of nitrogens with zero attached hydrogens (tertiary/aromatic N) is 1. The van der Waals surface area contributed by atoms with Crippen molar-refractivity contribution in [3.05, 3.63) is 28.7 Å². The van der Waals surface area contributed by atoms with Crippen LogP contribution in [0.4, 0.5) is 0 Å². The topological polar surface area (TPSA) is 49.8 Å². The van der Waals surface area contributed by atoms with Gasteiger partial charge in [-0.25, -0.2) is 0 Å². The Morgan fingerprint density at radius 1 is 1.63 bits per heavy atom. The molecule has 1 aromatic rings. The van der Waals surface area contributed by atoms with Crippen molar-refractivity contribution in [1.82, 2.24) is 4.90 Å². The van der Waals surface area contributed by atoms with Crippen molar-refractivity contribution in [2.45, 2.75) is 19.4 Å². The van der Waals surface area contributed by atoms with Crippen molar-refractivity contribution in [2.24, 2.45) is 5.92 Å². The molecule has 1 heterocycles. The molecule has 19 heavy (non-hydrogen) atoms. The number of hydrogen-bond donors (Lipinski definition) is 1. The Hall–Kier alpha value is -1.07. The average molecular weight is 328 g/mol. The fourth-order valence-electron chi connectivity index (χ4n) is 2.23. The van der Waals surface area contributed by atoms with E-state index in [4.69, 9.17) is 9.84 Å². The Morgan fingerprint density at radius 2 is 2.42 bits per heavy atom. The van der Waals surface area contributed by atoms with Crippen molar-refractivity contribution in [3.8, 4) is 5.75 Å². The van der Waals surface area contributed by atoms with Gasteiger partial charge < -0.3 is 14.7 Å². The standard InChI is InChI=1S/C14H18BrNO3/c1-10(19-13-4-2-3-12(15)7-13)14(18)16-6-5-11(8-16)9-17/h2-4,7,10-11,17H,5-6,8-9H2,1H3. The van der Waals surface area contributed by atoms with Crippen molar-refractivity contribution >= 4 is 21.8 Å². The molecular formula is C14H18BrNO3. The van der Waals surface area contributed by atoms with E-state index in [0.717, 1.165) is 10.9 Å². The number of rotatable bonds is 4. The number of likely N-dealkylation sites (tertiary alicyclic amines) is 1. The summed E-state index contributed by atoms with van der Waals surface area (Å²) in [5.41, 5.74) is 0. The lowest BCUT2D eigenvalue weighted by Crippen LogP contribution is -2.39. The van der Waals surface area contributed by atoms with E-state index >= 15 is 0 Å². The van der Waals surface area contributed by atoms with Crippen LogP contribution in [0.15, 0.2) is 28.7 Å². The molecule has 1 amide bonds. The molecule has 1 aromatic carbocycles. The zero-order valence-corrected chi connectivity index (χ0v) is 12.5. The number of carbonyl (C=O) groups excluding carboxylic acids is 1. The summed E-state index contributed by atoms with van der Waals surface area (Å²) in [6.07, 6.45) is 0.359. The molecule has 1 aliphatic rings. The van der Waals surface area contributed by atoms with E-state index in [1.54, 1.807) is 11.8 Å². The molecule has 0 aromatic heterocycles. The van der Waals surface area contributed by atoms with Crippen LogP contribution in [0.2, 0.25) is 0 Å². The number of carbonyl (C=O) groups is 1. The highest BCUT2D eigenvalue weighted by Gasteiger charge is 2.29. The van der Waals surface area contributed by atoms with Gasteiger partial charge in [-0.05, 0) is 31.5 Å². The van der Waals surface area contributed by atoms with Crippen molar-refractivity contribution in [1.29, 1.82) is 0 Å². The summed E-state index contributed by atoms with van der Waals surface area (Å²) >= 11 is 3.37. The number of aliphatic hydroxyl groups excluding tert-OH is 1. The molecule has 2 atom stereocenters. The van der Waals surface area contributed by atoms with Crippen LogP contribution in [-0.2, 0) is 4.79 Å². The zero-order chi connectivity index (χ0) is 13.8. The maximum absolute atomic E-state index is 12.2. The normalized spacial score (nSPS) is 20.4. The zero-order valence-electron chi connectivity index (χ0n) is 10.9. The number of halogens is 1. The van der Waals surface area contributed by atoms with Crippen molar-refractivity contribution < 1.29 is 14.6 Å². The van der Waals surface area contributed by atoms with Gasteiger partial charge in [-0.3, -0.25) is 4.79 Å². The van der Waals surface area contributed by atoms with E-state index in [1.165, 1.54) is 0 Å². The molecule has 4 nitrogen and oxygen atoms in total. The first-order valence-electron chi connectivity index (χ1n) is 6.42. The van der Waals surface area contributed by atoms with Gasteiger partial charge in [0.15, 0.2) is 6.10 Å². The van der Waals surface area contributed by atoms with Gasteiger partial charge in [0.05, 0.1) is 0 Å². The summed E-state index contributed by atoms with van der Waals surface area (Å²) in [5.74, 6) is 0.867. The molecule has 0 radical (unpaired) electrons. The SMILES string of the molecule is CC(Oc1cccc(Br)c1)C(=O)N1CCC(CO)C1. The summed E-state index contributed by atoms with van der Waals surface area (Å²) in [6, 6.07) is 7.44. The highest BCUT2D eigenvalue weighted by Crippen LogP contribution is 2.21. The monoisotopic (exact) mass is 327 g/mol. The fraction of sp³-hybridized carbons (Fsp3) is 0.500. The molecule has 0 spiro atoms. The number of ether oxygens (including phenoxy) is 1. The molecular weight excluding hydrogens is 310 g/mol. The van der Waals surface area contributed by atoms with Gasteiger partial charge in [0.2, 0.25) is 0 Å².